The van der Waals surface area contributed by atoms with Gasteiger partial charge >= 0.3 is 6.03 Å². The van der Waals surface area contributed by atoms with E-state index in [-0.39, 0.29) is 11.8 Å². The molecule has 0 bridgehead atoms. The molecule has 3 N–H and O–H groups in total. The minimum absolute atomic E-state index is 0.00161. The summed E-state index contributed by atoms with van der Waals surface area (Å²) in [7, 11) is 0. The van der Waals surface area contributed by atoms with Crippen molar-refractivity contribution in [2.24, 2.45) is 5.92 Å². The van der Waals surface area contributed by atoms with Crippen LogP contribution in [0.5, 0.6) is 0 Å². The van der Waals surface area contributed by atoms with Crippen LogP contribution in [0.2, 0.25) is 0 Å². The molecule has 0 radical (unpaired) electrons. The molecule has 1 saturated carbocycles. The number of imide groups is 1. The minimum Gasteiger partial charge on any atom is -0.323 e. The van der Waals surface area contributed by atoms with Crippen molar-refractivity contribution in [1.29, 1.82) is 0 Å². The van der Waals surface area contributed by atoms with E-state index < -0.39 is 29.9 Å². The number of hydrazine groups is 1. The molecular formula is C19H22N8O4. The standard InChI is InChI=1S/C19H22N8O4/c1-12-4-2-3-9-19(12)17(30)26(18(31)21-19)10-15(28)22-23-16(29)13-5-7-14(8-6-13)27-11-20-24-25-27/h5-8,11-12H,2-4,9-10H2,1H3,(H,21,31)(H,22,28)(H,23,29)/t12-,19+/m0/s1. The number of amides is 5. The van der Waals surface area contributed by atoms with Crippen LogP contribution in [0, 0.1) is 5.92 Å². The Morgan fingerprint density at radius 1 is 1.19 bits per heavy atom. The molecule has 12 nitrogen and oxygen atoms in total. The van der Waals surface area contributed by atoms with Gasteiger partial charge in [-0.25, -0.2) is 9.48 Å². The van der Waals surface area contributed by atoms with E-state index >= 15 is 0 Å². The van der Waals surface area contributed by atoms with Gasteiger partial charge in [0.15, 0.2) is 0 Å². The Balaban J connectivity index is 1.32. The maximum atomic E-state index is 12.9. The second-order valence-corrected chi connectivity index (χ2v) is 7.74. The predicted molar refractivity (Wildman–Crippen MR) is 105 cm³/mol. The lowest BCUT2D eigenvalue weighted by Gasteiger charge is -2.36. The normalized spacial score (nSPS) is 23.0. The Hall–Kier alpha value is -3.83. The Labute approximate surface area is 177 Å². The topological polar surface area (TPSA) is 151 Å². The van der Waals surface area contributed by atoms with Crippen LogP contribution >= 0.6 is 0 Å². The average molecular weight is 426 g/mol. The molecule has 2 heterocycles. The molecule has 4 rings (SSSR count). The molecule has 1 aromatic heterocycles. The molecule has 5 amide bonds. The van der Waals surface area contributed by atoms with Crippen LogP contribution in [0.3, 0.4) is 0 Å². The maximum absolute atomic E-state index is 12.9. The molecule has 0 unspecified atom stereocenters. The SMILES string of the molecule is C[C@H]1CCCC[C@@]12NC(=O)N(CC(=O)NNC(=O)c1ccc(-n3cnnn3)cc1)C2=O. The Bertz CT molecular complexity index is 1010. The quantitative estimate of drug-likeness (QED) is 0.457. The summed E-state index contributed by atoms with van der Waals surface area (Å²) in [6.07, 6.45) is 4.68. The van der Waals surface area contributed by atoms with Crippen LogP contribution in [0.25, 0.3) is 5.69 Å². The summed E-state index contributed by atoms with van der Waals surface area (Å²) >= 11 is 0. The third-order valence-electron chi connectivity index (χ3n) is 5.86. The van der Waals surface area contributed by atoms with E-state index in [1.165, 1.54) is 11.0 Å². The van der Waals surface area contributed by atoms with E-state index in [1.807, 2.05) is 6.92 Å². The third kappa shape index (κ3) is 3.83. The monoisotopic (exact) mass is 426 g/mol. The van der Waals surface area contributed by atoms with E-state index in [1.54, 1.807) is 24.3 Å². The van der Waals surface area contributed by atoms with Crippen molar-refractivity contribution >= 4 is 23.8 Å². The molecule has 2 aliphatic rings. The molecule has 2 atom stereocenters. The lowest BCUT2D eigenvalue weighted by atomic mass is 9.73. The summed E-state index contributed by atoms with van der Waals surface area (Å²) in [6.45, 7) is 1.46. The number of hydrogen-bond acceptors (Lipinski definition) is 7. The number of urea groups is 1. The smallest absolute Gasteiger partial charge is 0.323 e. The van der Waals surface area contributed by atoms with Gasteiger partial charge in [-0.15, -0.1) is 5.10 Å². The summed E-state index contributed by atoms with van der Waals surface area (Å²) in [6, 6.07) is 5.79. The number of carbonyl (C=O) groups excluding carboxylic acids is 4. The zero-order valence-corrected chi connectivity index (χ0v) is 16.9. The van der Waals surface area contributed by atoms with Crippen molar-refractivity contribution in [2.75, 3.05) is 6.54 Å². The van der Waals surface area contributed by atoms with Gasteiger partial charge in [0, 0.05) is 5.56 Å². The first-order chi connectivity index (χ1) is 14.9. The van der Waals surface area contributed by atoms with Crippen molar-refractivity contribution in [1.82, 2.24) is 41.3 Å². The Morgan fingerprint density at radius 2 is 1.97 bits per heavy atom. The van der Waals surface area contributed by atoms with E-state index in [9.17, 15) is 19.2 Å². The van der Waals surface area contributed by atoms with Crippen molar-refractivity contribution in [3.05, 3.63) is 36.2 Å². The summed E-state index contributed by atoms with van der Waals surface area (Å²) in [5.41, 5.74) is 4.55. The molecule has 1 spiro atoms. The van der Waals surface area contributed by atoms with Crippen LogP contribution in [-0.2, 0) is 9.59 Å². The number of tetrazole rings is 1. The highest BCUT2D eigenvalue weighted by Crippen LogP contribution is 2.38. The van der Waals surface area contributed by atoms with Gasteiger partial charge in [0.25, 0.3) is 17.7 Å². The fraction of sp³-hybridized carbons (Fsp3) is 0.421. The highest BCUT2D eigenvalue weighted by Gasteiger charge is 2.55. The first-order valence-electron chi connectivity index (χ1n) is 9.97. The fourth-order valence-electron chi connectivity index (χ4n) is 4.07. The van der Waals surface area contributed by atoms with Gasteiger partial charge in [0.1, 0.15) is 18.4 Å². The van der Waals surface area contributed by atoms with Crippen LogP contribution in [0.4, 0.5) is 4.79 Å². The number of nitrogens with zero attached hydrogens (tertiary/aromatic N) is 5. The molecule has 1 aliphatic carbocycles. The molecule has 1 saturated heterocycles. The van der Waals surface area contributed by atoms with E-state index in [4.69, 9.17) is 0 Å². The Kier molecular flexibility index (Phi) is 5.36. The zero-order chi connectivity index (χ0) is 22.0. The number of carbonyl (C=O) groups is 4. The highest BCUT2D eigenvalue weighted by atomic mass is 16.2. The lowest BCUT2D eigenvalue weighted by Crippen LogP contribution is -2.54. The predicted octanol–water partition coefficient (Wildman–Crippen LogP) is -0.0760. The molecule has 2 fully saturated rings. The molecule has 162 valence electrons. The summed E-state index contributed by atoms with van der Waals surface area (Å²) < 4.78 is 1.43. The van der Waals surface area contributed by atoms with Gasteiger partial charge in [-0.2, -0.15) is 0 Å². The van der Waals surface area contributed by atoms with Gasteiger partial charge in [0.2, 0.25) is 0 Å². The van der Waals surface area contributed by atoms with Gasteiger partial charge in [-0.05, 0) is 53.5 Å². The molecule has 12 heteroatoms. The van der Waals surface area contributed by atoms with E-state index in [0.29, 0.717) is 17.7 Å². The van der Waals surface area contributed by atoms with Crippen LogP contribution in [0.15, 0.2) is 30.6 Å². The second kappa shape index (κ2) is 8.13. The van der Waals surface area contributed by atoms with Gasteiger partial charge in [-0.1, -0.05) is 19.8 Å². The first-order valence-corrected chi connectivity index (χ1v) is 9.97. The van der Waals surface area contributed by atoms with Crippen molar-refractivity contribution in [3.63, 3.8) is 0 Å². The number of benzene rings is 1. The molecule has 2 aromatic rings. The first kappa shape index (κ1) is 20.4. The van der Waals surface area contributed by atoms with E-state index in [2.05, 4.69) is 31.7 Å². The van der Waals surface area contributed by atoms with Crippen LogP contribution in [0.1, 0.15) is 43.0 Å². The third-order valence-corrected chi connectivity index (χ3v) is 5.86. The average Bonchev–Trinajstić information content (AvgIpc) is 3.38. The fourth-order valence-corrected chi connectivity index (χ4v) is 4.07. The maximum Gasteiger partial charge on any atom is 0.325 e. The molecule has 31 heavy (non-hydrogen) atoms. The second-order valence-electron chi connectivity index (χ2n) is 7.74. The van der Waals surface area contributed by atoms with Crippen LogP contribution < -0.4 is 16.2 Å². The summed E-state index contributed by atoms with van der Waals surface area (Å²) in [5.74, 6) is -1.61. The van der Waals surface area contributed by atoms with Crippen molar-refractivity contribution in [3.8, 4) is 5.69 Å². The number of nitrogens with one attached hydrogen (secondary N) is 3. The van der Waals surface area contributed by atoms with Gasteiger partial charge in [0.05, 0.1) is 5.69 Å². The number of aromatic nitrogens is 4. The van der Waals surface area contributed by atoms with Crippen LogP contribution in [-0.4, -0.2) is 60.9 Å². The van der Waals surface area contributed by atoms with Gasteiger partial charge in [-0.3, -0.25) is 30.1 Å². The number of rotatable bonds is 4. The zero-order valence-electron chi connectivity index (χ0n) is 16.9. The van der Waals surface area contributed by atoms with E-state index in [0.717, 1.165) is 24.2 Å². The Morgan fingerprint density at radius 3 is 2.65 bits per heavy atom. The molecular weight excluding hydrogens is 404 g/mol. The molecule has 1 aromatic carbocycles. The van der Waals surface area contributed by atoms with Gasteiger partial charge < -0.3 is 5.32 Å². The number of hydrogen-bond donors (Lipinski definition) is 3. The van der Waals surface area contributed by atoms with Crippen molar-refractivity contribution in [2.45, 2.75) is 38.1 Å². The summed E-state index contributed by atoms with van der Waals surface area (Å²) in [4.78, 5) is 50.7. The molecule has 1 aliphatic heterocycles. The largest absolute Gasteiger partial charge is 0.325 e. The minimum atomic E-state index is -0.930. The lowest BCUT2D eigenvalue weighted by molar-refractivity contribution is -0.137. The highest BCUT2D eigenvalue weighted by molar-refractivity contribution is 6.09. The van der Waals surface area contributed by atoms with Crippen molar-refractivity contribution < 1.29 is 19.2 Å². The summed E-state index contributed by atoms with van der Waals surface area (Å²) in [5, 5.41) is 13.6.